The van der Waals surface area contributed by atoms with E-state index in [2.05, 4.69) is 10.6 Å². The fraction of sp³-hybridized carbons (Fsp3) is 0.595. The third-order valence-corrected chi connectivity index (χ3v) is 9.23. The molecule has 0 aliphatic heterocycles. The van der Waals surface area contributed by atoms with Crippen molar-refractivity contribution in [1.29, 1.82) is 0 Å². The van der Waals surface area contributed by atoms with Crippen molar-refractivity contribution in [3.05, 3.63) is 0 Å². The summed E-state index contributed by atoms with van der Waals surface area (Å²) in [5, 5.41) is 95.3. The molecular weight excluding hydrogens is 950 g/mol. The second-order valence-electron chi connectivity index (χ2n) is 14.8. The Balaban J connectivity index is 6.26. The number of hydrogen-bond acceptors (Lipinski definition) is 24. The van der Waals surface area contributed by atoms with E-state index in [1.165, 1.54) is 0 Å². The number of carboxylic acids is 6. The first kappa shape index (κ1) is 61.9. The highest BCUT2D eigenvalue weighted by molar-refractivity contribution is 6.00. The normalized spacial score (nSPS) is 14.6. The first-order valence-corrected chi connectivity index (χ1v) is 20.5. The Morgan fingerprint density at radius 2 is 0.671 bits per heavy atom. The lowest BCUT2D eigenvalue weighted by Gasteiger charge is -2.27. The van der Waals surface area contributed by atoms with E-state index in [1.54, 1.807) is 0 Å². The molecule has 0 fully saturated rings. The van der Waals surface area contributed by atoms with Crippen LogP contribution in [0.25, 0.3) is 0 Å². The molecule has 9 amide bonds. The number of nitrogens with two attached hydrogens (primary N) is 2. The fourth-order valence-corrected chi connectivity index (χ4v) is 5.65. The number of primary amides is 1. The van der Waals surface area contributed by atoms with Gasteiger partial charge in [-0.15, -0.1) is 0 Å². The number of amides is 9. The molecule has 5 unspecified atom stereocenters. The first-order valence-electron chi connectivity index (χ1n) is 20.5. The van der Waals surface area contributed by atoms with Gasteiger partial charge in [0.1, 0.15) is 48.3 Å². The number of likely N-dealkylation sites (N-methyl/N-ethyl adjacent to an activating group) is 1. The molecule has 0 radical (unpaired) electrons. The predicted octanol–water partition coefficient (Wildman–Crippen LogP) is -17.1. The van der Waals surface area contributed by atoms with Gasteiger partial charge in [0.2, 0.25) is 53.2 Å². The maximum absolute atomic E-state index is 13.3. The maximum atomic E-state index is 13.3. The molecule has 392 valence electrons. The molecule has 0 aromatic carbocycles. The minimum atomic E-state index is -2.25. The van der Waals surface area contributed by atoms with Crippen LogP contribution in [0.5, 0.6) is 0 Å². The number of hydrogen-bond donors (Lipinski definition) is 12. The molecule has 0 aliphatic carbocycles. The molecule has 70 heavy (non-hydrogen) atoms. The van der Waals surface area contributed by atoms with Crippen molar-refractivity contribution in [3.63, 3.8) is 0 Å². The lowest BCUT2D eigenvalue weighted by Crippen LogP contribution is -2.61. The molecule has 0 heterocycles. The first-order chi connectivity index (χ1) is 32.6. The minimum Gasteiger partial charge on any atom is -0.550 e. The van der Waals surface area contributed by atoms with Crippen molar-refractivity contribution in [3.8, 4) is 0 Å². The summed E-state index contributed by atoms with van der Waals surface area (Å²) in [5.41, 5.74) is 10.6. The molecule has 0 aromatic heterocycles. The number of nitrogens with one attached hydrogen (secondary N) is 9. The fourth-order valence-electron chi connectivity index (χ4n) is 5.65. The summed E-state index contributed by atoms with van der Waals surface area (Å²) in [5.74, 6) is -24.4. The molecule has 0 spiro atoms. The summed E-state index contributed by atoms with van der Waals surface area (Å²) in [7, 11) is 1.12. The highest BCUT2D eigenvalue weighted by atomic mass is 16.4. The summed E-state index contributed by atoms with van der Waals surface area (Å²) in [6.45, 7) is -0.413. The van der Waals surface area contributed by atoms with E-state index in [9.17, 15) is 108 Å². The summed E-state index contributed by atoms with van der Waals surface area (Å²) < 4.78 is 0. The molecule has 0 bridgehead atoms. The van der Waals surface area contributed by atoms with Crippen molar-refractivity contribution in [2.24, 2.45) is 11.5 Å². The van der Waals surface area contributed by atoms with Crippen molar-refractivity contribution < 1.29 is 108 Å². The molecule has 33 nitrogen and oxygen atoms in total. The largest absolute Gasteiger partial charge is 0.550 e. The van der Waals surface area contributed by atoms with Gasteiger partial charge in [0.15, 0.2) is 0 Å². The number of aliphatic carboxylic acids is 6. The van der Waals surface area contributed by atoms with E-state index in [4.69, 9.17) is 11.5 Å². The lowest BCUT2D eigenvalue weighted by atomic mass is 10.1. The third kappa shape index (κ3) is 24.1. The number of aliphatic hydroxyl groups excluding tert-OH is 1. The van der Waals surface area contributed by atoms with Crippen LogP contribution in [0.4, 0.5) is 0 Å². The van der Waals surface area contributed by atoms with Crippen LogP contribution >= 0.6 is 0 Å². The quantitative estimate of drug-likeness (QED) is 0.0262. The smallest absolute Gasteiger partial charge is 0.245 e. The summed E-state index contributed by atoms with van der Waals surface area (Å²) in [6.07, 6.45) is -7.35. The van der Waals surface area contributed by atoms with Gasteiger partial charge in [-0.05, 0) is 39.8 Å². The van der Waals surface area contributed by atoms with Gasteiger partial charge >= 0.3 is 0 Å². The van der Waals surface area contributed by atoms with Crippen LogP contribution in [0.15, 0.2) is 0 Å². The summed E-state index contributed by atoms with van der Waals surface area (Å²) in [6, 6.07) is -17.9. The average molecular weight is 1000 g/mol. The number of unbranched alkanes of at least 4 members (excludes halogenated alkanes) is 1. The van der Waals surface area contributed by atoms with E-state index >= 15 is 0 Å². The second kappa shape index (κ2) is 31.1. The average Bonchev–Trinajstić information content (AvgIpc) is 3.24. The standard InChI is InChI=1S/C37H57N11O22/c1-14(41-33(66)18(9-25(54)55)46-35(68)21(12-28(60)61)45-32(65)17(40-2)8-24(52)53)30(63)44-19(10-26(56)57)36(69)48-22(13-49)37(70)47-20(11-27(58)59)34(67)42-15(5-3-4-6-38)31(64)43-16(29(39)62)7-23(50)51/h14-22,40,49H,3-13,38H2,1-2H3,(H2,39,62)(H,41,66)(H,42,67)(H,43,64)(H,44,63)(H,45,65)(H,46,68)(H,47,70)(H,48,69)(H,50,51)(H,52,53)(H,54,55)(H,56,57)(H,58,59)(H,60,61)/p-6/t14-,15-,16?,17?,18?,19?,20?,21-,22-/m0/s1. The molecule has 14 N–H and O–H groups in total. The van der Waals surface area contributed by atoms with Crippen LogP contribution in [0.3, 0.4) is 0 Å². The molecule has 0 saturated carbocycles. The van der Waals surface area contributed by atoms with E-state index < -0.39 is 188 Å². The molecule has 9 atom stereocenters. The number of rotatable bonds is 35. The van der Waals surface area contributed by atoms with Crippen molar-refractivity contribution >= 4 is 89.0 Å². The number of aliphatic hydroxyl groups is 1. The van der Waals surface area contributed by atoms with E-state index in [0.29, 0.717) is 0 Å². The zero-order valence-electron chi connectivity index (χ0n) is 37.1. The summed E-state index contributed by atoms with van der Waals surface area (Å²) >= 11 is 0. The zero-order chi connectivity index (χ0) is 54.0. The van der Waals surface area contributed by atoms with Crippen molar-refractivity contribution in [2.45, 2.75) is 119 Å². The maximum Gasteiger partial charge on any atom is 0.245 e. The van der Waals surface area contributed by atoms with Gasteiger partial charge in [0.25, 0.3) is 0 Å². The van der Waals surface area contributed by atoms with Crippen molar-refractivity contribution in [1.82, 2.24) is 47.9 Å². The Hall–Kier alpha value is -8.07. The van der Waals surface area contributed by atoms with Crippen LogP contribution in [-0.2, 0) is 71.9 Å². The third-order valence-electron chi connectivity index (χ3n) is 9.23. The van der Waals surface area contributed by atoms with E-state index in [-0.39, 0.29) is 25.8 Å². The zero-order valence-corrected chi connectivity index (χ0v) is 37.1. The Morgan fingerprint density at radius 3 is 1.01 bits per heavy atom. The summed E-state index contributed by atoms with van der Waals surface area (Å²) in [4.78, 5) is 184. The highest BCUT2D eigenvalue weighted by Gasteiger charge is 2.34. The monoisotopic (exact) mass is 1000 g/mol. The number of carbonyl (C=O) groups excluding carboxylic acids is 15. The molecule has 33 heteroatoms. The molecule has 0 aliphatic rings. The Bertz CT molecular complexity index is 1980. The number of carbonyl (C=O) groups is 15. The molecule has 0 aromatic rings. The van der Waals surface area contributed by atoms with Crippen LogP contribution in [0, 0.1) is 0 Å². The van der Waals surface area contributed by atoms with Crippen LogP contribution in [0.2, 0.25) is 0 Å². The highest BCUT2D eigenvalue weighted by Crippen LogP contribution is 2.06. The number of carboxylic acid groups (broad SMARTS) is 6. The Morgan fingerprint density at radius 1 is 0.400 bits per heavy atom. The lowest BCUT2D eigenvalue weighted by molar-refractivity contribution is -0.307. The second-order valence-corrected chi connectivity index (χ2v) is 14.8. The van der Waals surface area contributed by atoms with Crippen LogP contribution in [0.1, 0.15) is 64.7 Å². The Kier molecular flexibility index (Phi) is 27.5. The van der Waals surface area contributed by atoms with Crippen molar-refractivity contribution in [2.75, 3.05) is 20.2 Å². The Labute approximate surface area is 394 Å². The van der Waals surface area contributed by atoms with Gasteiger partial charge in [-0.3, -0.25) is 43.2 Å². The van der Waals surface area contributed by atoms with E-state index in [1.807, 2.05) is 37.2 Å². The molecular formula is C37H51N11O22-6. The topological polar surface area (TPSA) is 575 Å². The van der Waals surface area contributed by atoms with Crippen LogP contribution < -0.4 is 90.0 Å². The molecule has 0 rings (SSSR count). The van der Waals surface area contributed by atoms with Gasteiger partial charge in [0.05, 0.1) is 12.6 Å². The van der Waals surface area contributed by atoms with Gasteiger partial charge in [0, 0.05) is 74.3 Å². The van der Waals surface area contributed by atoms with Crippen LogP contribution in [-0.4, -0.2) is 169 Å². The minimum absolute atomic E-state index is 0.0892. The van der Waals surface area contributed by atoms with Gasteiger partial charge in [-0.1, -0.05) is 0 Å². The molecule has 0 saturated heterocycles. The predicted molar refractivity (Wildman–Crippen MR) is 211 cm³/mol. The van der Waals surface area contributed by atoms with Gasteiger partial charge < -0.3 is 124 Å². The van der Waals surface area contributed by atoms with Gasteiger partial charge in [-0.2, -0.15) is 0 Å². The van der Waals surface area contributed by atoms with E-state index in [0.717, 1.165) is 14.0 Å². The van der Waals surface area contributed by atoms with Gasteiger partial charge in [-0.25, -0.2) is 0 Å². The SMILES string of the molecule is CNC(CC(=O)[O-])C(=O)N[C@@H](CC(=O)[O-])C(=O)NC(CC(=O)[O-])C(=O)N[C@@H](C)C(=O)NC(CC(=O)[O-])C(=O)N[C@@H](CO)C(=O)NC(CC(=O)[O-])C(=O)N[C@@H](CCCCN)C(=O)NC(CC(=O)[O-])C(N)=O.